The van der Waals surface area contributed by atoms with Crippen LogP contribution >= 0.6 is 0 Å². The van der Waals surface area contributed by atoms with Gasteiger partial charge in [0.2, 0.25) is 0 Å². The maximum atomic E-state index is 9.17. The van der Waals surface area contributed by atoms with Crippen LogP contribution in [0.1, 0.15) is 12.0 Å². The van der Waals surface area contributed by atoms with Gasteiger partial charge in [0.05, 0.1) is 18.8 Å². The largest absolute Gasteiger partial charge is 0.394 e. The number of rotatable bonds is 6. The normalized spacial score (nSPS) is 11.6. The Balaban J connectivity index is 2.02. The van der Waals surface area contributed by atoms with Crippen molar-refractivity contribution >= 4 is 0 Å². The van der Waals surface area contributed by atoms with Gasteiger partial charge in [0, 0.05) is 0 Å². The van der Waals surface area contributed by atoms with E-state index in [9.17, 15) is 10.2 Å². The van der Waals surface area contributed by atoms with Crippen molar-refractivity contribution in [3.05, 3.63) is 60.2 Å². The van der Waals surface area contributed by atoms with Crippen molar-refractivity contribution in [1.29, 1.82) is 0 Å². The Morgan fingerprint density at radius 3 is 1.90 bits per heavy atom. The predicted molar refractivity (Wildman–Crippen MR) is 81.3 cm³/mol. The Hall–Kier alpha value is -1.68. The molecule has 0 atom stereocenters. The average Bonchev–Trinajstić information content (AvgIpc) is 2.54. The lowest BCUT2D eigenvalue weighted by molar-refractivity contribution is 0.115. The van der Waals surface area contributed by atoms with Crippen LogP contribution in [0, 0.1) is 0 Å². The van der Waals surface area contributed by atoms with Crippen molar-refractivity contribution in [2.24, 2.45) is 5.73 Å². The molecule has 2 aromatic carbocycles. The number of aliphatic hydroxyl groups is 2. The molecule has 3 nitrogen and oxygen atoms in total. The fraction of sp³-hybridized carbons (Fsp3) is 0.294. The van der Waals surface area contributed by atoms with Crippen LogP contribution in [0.2, 0.25) is 0 Å². The molecule has 0 radical (unpaired) electrons. The third kappa shape index (κ3) is 3.67. The molecule has 20 heavy (non-hydrogen) atoms. The molecule has 0 aliphatic rings. The van der Waals surface area contributed by atoms with Crippen LogP contribution in [0.5, 0.6) is 0 Å². The average molecular weight is 271 g/mol. The molecule has 0 amide bonds. The lowest BCUT2D eigenvalue weighted by Gasteiger charge is -2.24. The second-order valence-corrected chi connectivity index (χ2v) is 5.24. The molecule has 2 rings (SSSR count). The minimum Gasteiger partial charge on any atom is -0.394 e. The van der Waals surface area contributed by atoms with E-state index in [1.54, 1.807) is 0 Å². The highest BCUT2D eigenvalue weighted by molar-refractivity contribution is 5.63. The van der Waals surface area contributed by atoms with Crippen LogP contribution in [0.4, 0.5) is 0 Å². The summed E-state index contributed by atoms with van der Waals surface area (Å²) < 4.78 is 0. The van der Waals surface area contributed by atoms with Crippen molar-refractivity contribution in [2.45, 2.75) is 18.4 Å². The summed E-state index contributed by atoms with van der Waals surface area (Å²) in [5.74, 6) is 0. The first kappa shape index (κ1) is 14.7. The molecule has 0 unspecified atom stereocenters. The number of hydrogen-bond donors (Lipinski definition) is 3. The molecule has 0 saturated carbocycles. The molecule has 106 valence electrons. The fourth-order valence-corrected chi connectivity index (χ4v) is 2.10. The maximum absolute atomic E-state index is 9.17. The molecule has 0 heterocycles. The van der Waals surface area contributed by atoms with Crippen molar-refractivity contribution in [3.8, 4) is 11.1 Å². The first-order chi connectivity index (χ1) is 9.67. The molecule has 0 bridgehead atoms. The standard InChI is InChI=1S/C17H21NO2/c18-17(12-19,13-20)11-10-14-6-8-16(9-7-14)15-4-2-1-3-5-15/h1-9,19-20H,10-13,18H2. The lowest BCUT2D eigenvalue weighted by Crippen LogP contribution is -2.47. The molecule has 0 aliphatic carbocycles. The van der Waals surface area contributed by atoms with Crippen LogP contribution in [0.3, 0.4) is 0 Å². The Morgan fingerprint density at radius 1 is 0.800 bits per heavy atom. The first-order valence-corrected chi connectivity index (χ1v) is 6.82. The van der Waals surface area contributed by atoms with E-state index < -0.39 is 5.54 Å². The number of aryl methyl sites for hydroxylation is 1. The monoisotopic (exact) mass is 271 g/mol. The minimum absolute atomic E-state index is 0.203. The van der Waals surface area contributed by atoms with E-state index in [0.29, 0.717) is 6.42 Å². The molecule has 3 heteroatoms. The number of hydrogen-bond acceptors (Lipinski definition) is 3. The highest BCUT2D eigenvalue weighted by Crippen LogP contribution is 2.20. The first-order valence-electron chi connectivity index (χ1n) is 6.82. The van der Waals surface area contributed by atoms with Gasteiger partial charge in [-0.1, -0.05) is 54.6 Å². The zero-order valence-electron chi connectivity index (χ0n) is 11.5. The van der Waals surface area contributed by atoms with Crippen molar-refractivity contribution in [3.63, 3.8) is 0 Å². The highest BCUT2D eigenvalue weighted by atomic mass is 16.3. The number of nitrogens with two attached hydrogens (primary N) is 1. The summed E-state index contributed by atoms with van der Waals surface area (Å²) in [5.41, 5.74) is 8.50. The summed E-state index contributed by atoms with van der Waals surface area (Å²) in [6, 6.07) is 18.5. The molecule has 4 N–H and O–H groups in total. The molecule has 0 fully saturated rings. The van der Waals surface area contributed by atoms with Gasteiger partial charge < -0.3 is 15.9 Å². The summed E-state index contributed by atoms with van der Waals surface area (Å²) in [6.45, 7) is -0.406. The van der Waals surface area contributed by atoms with E-state index in [4.69, 9.17) is 5.73 Å². The summed E-state index contributed by atoms with van der Waals surface area (Å²) in [7, 11) is 0. The maximum Gasteiger partial charge on any atom is 0.0633 e. The zero-order chi connectivity index (χ0) is 14.4. The van der Waals surface area contributed by atoms with E-state index >= 15 is 0 Å². The van der Waals surface area contributed by atoms with Gasteiger partial charge in [-0.3, -0.25) is 0 Å². The predicted octanol–water partition coefficient (Wildman–Crippen LogP) is 1.97. The van der Waals surface area contributed by atoms with Gasteiger partial charge in [-0.2, -0.15) is 0 Å². The van der Waals surface area contributed by atoms with Crippen LogP contribution in [-0.4, -0.2) is 29.0 Å². The van der Waals surface area contributed by atoms with Crippen molar-refractivity contribution < 1.29 is 10.2 Å². The molecular weight excluding hydrogens is 250 g/mol. The van der Waals surface area contributed by atoms with E-state index in [1.807, 2.05) is 18.2 Å². The van der Waals surface area contributed by atoms with E-state index in [2.05, 4.69) is 36.4 Å². The fourth-order valence-electron chi connectivity index (χ4n) is 2.10. The summed E-state index contributed by atoms with van der Waals surface area (Å²) in [6.07, 6.45) is 1.30. The van der Waals surface area contributed by atoms with E-state index in [-0.39, 0.29) is 13.2 Å². The van der Waals surface area contributed by atoms with Gasteiger partial charge in [0.1, 0.15) is 0 Å². The summed E-state index contributed by atoms with van der Waals surface area (Å²) in [4.78, 5) is 0. The van der Waals surface area contributed by atoms with Gasteiger partial charge in [0.15, 0.2) is 0 Å². The second-order valence-electron chi connectivity index (χ2n) is 5.24. The Labute approximate surface area is 119 Å². The van der Waals surface area contributed by atoms with Crippen LogP contribution in [0.15, 0.2) is 54.6 Å². The topological polar surface area (TPSA) is 66.5 Å². The quantitative estimate of drug-likeness (QED) is 0.752. The van der Waals surface area contributed by atoms with Crippen molar-refractivity contribution in [2.75, 3.05) is 13.2 Å². The Bertz CT molecular complexity index is 518. The SMILES string of the molecule is NC(CO)(CO)CCc1ccc(-c2ccccc2)cc1. The van der Waals surface area contributed by atoms with Crippen LogP contribution in [-0.2, 0) is 6.42 Å². The van der Waals surface area contributed by atoms with Gasteiger partial charge in [-0.15, -0.1) is 0 Å². The molecule has 0 spiro atoms. The minimum atomic E-state index is -0.891. The van der Waals surface area contributed by atoms with E-state index in [0.717, 1.165) is 12.0 Å². The van der Waals surface area contributed by atoms with E-state index in [1.165, 1.54) is 11.1 Å². The molecule has 0 aromatic heterocycles. The second kappa shape index (κ2) is 6.66. The summed E-state index contributed by atoms with van der Waals surface area (Å²) >= 11 is 0. The zero-order valence-corrected chi connectivity index (χ0v) is 11.5. The number of benzene rings is 2. The smallest absolute Gasteiger partial charge is 0.0633 e. The van der Waals surface area contributed by atoms with Gasteiger partial charge in [0.25, 0.3) is 0 Å². The number of aliphatic hydroxyl groups excluding tert-OH is 2. The molecular formula is C17H21NO2. The third-order valence-corrected chi connectivity index (χ3v) is 3.60. The van der Waals surface area contributed by atoms with Crippen LogP contribution < -0.4 is 5.73 Å². The lowest BCUT2D eigenvalue weighted by atomic mass is 9.93. The van der Waals surface area contributed by atoms with Gasteiger partial charge in [-0.05, 0) is 29.5 Å². The molecule has 0 aliphatic heterocycles. The Morgan fingerprint density at radius 2 is 1.35 bits per heavy atom. The molecule has 0 saturated heterocycles. The molecule has 2 aromatic rings. The van der Waals surface area contributed by atoms with Gasteiger partial charge in [-0.25, -0.2) is 0 Å². The van der Waals surface area contributed by atoms with Gasteiger partial charge >= 0.3 is 0 Å². The van der Waals surface area contributed by atoms with Crippen LogP contribution in [0.25, 0.3) is 11.1 Å². The Kier molecular flexibility index (Phi) is 4.90. The third-order valence-electron chi connectivity index (χ3n) is 3.60. The highest BCUT2D eigenvalue weighted by Gasteiger charge is 2.22. The summed E-state index contributed by atoms with van der Waals surface area (Å²) in [5, 5.41) is 18.3. The van der Waals surface area contributed by atoms with Crippen molar-refractivity contribution in [1.82, 2.24) is 0 Å².